The molecule has 1 amide bonds. The average Bonchev–Trinajstić information content (AvgIpc) is 3.57. The molecule has 0 unspecified atom stereocenters. The number of aromatic nitrogens is 1. The van der Waals surface area contributed by atoms with Gasteiger partial charge in [0.2, 0.25) is 0 Å². The van der Waals surface area contributed by atoms with Crippen LogP contribution in [0.2, 0.25) is 0 Å². The molecule has 0 spiro atoms. The first kappa shape index (κ1) is 22.5. The summed E-state index contributed by atoms with van der Waals surface area (Å²) in [6.45, 7) is 0. The number of aliphatic imine (C=N–C) groups is 1. The Labute approximate surface area is 216 Å². The molecule has 1 N–H and O–H groups in total. The summed E-state index contributed by atoms with van der Waals surface area (Å²) in [7, 11) is 0. The van der Waals surface area contributed by atoms with Crippen molar-refractivity contribution in [3.63, 3.8) is 0 Å². The van der Waals surface area contributed by atoms with Crippen LogP contribution >= 0.6 is 34.9 Å². The molecule has 11 heteroatoms. The third kappa shape index (κ3) is 4.51. The Morgan fingerprint density at radius 2 is 1.94 bits per heavy atom. The van der Waals surface area contributed by atoms with Crippen molar-refractivity contribution in [3.05, 3.63) is 93.6 Å². The van der Waals surface area contributed by atoms with E-state index in [1.807, 2.05) is 42.5 Å². The maximum absolute atomic E-state index is 12.5. The minimum Gasteiger partial charge on any atom is -0.450 e. The van der Waals surface area contributed by atoms with Crippen molar-refractivity contribution in [2.45, 2.75) is 9.43 Å². The van der Waals surface area contributed by atoms with E-state index in [9.17, 15) is 14.9 Å². The average molecular weight is 531 g/mol. The molecule has 1 aliphatic heterocycles. The van der Waals surface area contributed by atoms with Gasteiger partial charge in [-0.3, -0.25) is 14.9 Å². The Morgan fingerprint density at radius 3 is 2.83 bits per heavy atom. The lowest BCUT2D eigenvalue weighted by Crippen LogP contribution is -2.19. The molecule has 0 bridgehead atoms. The summed E-state index contributed by atoms with van der Waals surface area (Å²) in [6, 6.07) is 22.0. The Bertz CT molecular complexity index is 1730. The van der Waals surface area contributed by atoms with Crippen molar-refractivity contribution < 1.29 is 14.1 Å². The number of nitro groups is 1. The van der Waals surface area contributed by atoms with Gasteiger partial charge in [0.1, 0.15) is 5.76 Å². The first-order valence-electron chi connectivity index (χ1n) is 10.6. The predicted molar refractivity (Wildman–Crippen MR) is 144 cm³/mol. The Morgan fingerprint density at radius 1 is 1.08 bits per heavy atom. The number of nitrogens with zero attached hydrogens (tertiary/aromatic N) is 3. The quantitative estimate of drug-likeness (QED) is 0.148. The van der Waals surface area contributed by atoms with Gasteiger partial charge in [-0.1, -0.05) is 36.4 Å². The van der Waals surface area contributed by atoms with Crippen LogP contribution in [0.25, 0.3) is 27.1 Å². The number of nitro benzene ring substituents is 1. The van der Waals surface area contributed by atoms with E-state index >= 15 is 0 Å². The van der Waals surface area contributed by atoms with Crippen molar-refractivity contribution in [2.24, 2.45) is 4.99 Å². The molecule has 5 aromatic rings. The van der Waals surface area contributed by atoms with Gasteiger partial charge in [-0.2, -0.15) is 0 Å². The van der Waals surface area contributed by atoms with Gasteiger partial charge in [-0.05, 0) is 53.2 Å². The van der Waals surface area contributed by atoms with Crippen LogP contribution in [-0.2, 0) is 4.79 Å². The molecule has 2 aromatic heterocycles. The van der Waals surface area contributed by atoms with Crippen molar-refractivity contribution in [3.8, 4) is 0 Å². The molecule has 0 radical (unpaired) electrons. The molecule has 3 aromatic carbocycles. The maximum atomic E-state index is 12.5. The molecular formula is C25H14N4O4S3. The van der Waals surface area contributed by atoms with Gasteiger partial charge < -0.3 is 9.73 Å². The highest BCUT2D eigenvalue weighted by Crippen LogP contribution is 2.37. The molecule has 6 rings (SSSR count). The van der Waals surface area contributed by atoms with Crippen molar-refractivity contribution in [1.29, 1.82) is 0 Å². The van der Waals surface area contributed by atoms with Gasteiger partial charge in [0.25, 0.3) is 11.6 Å². The van der Waals surface area contributed by atoms with Gasteiger partial charge in [-0.25, -0.2) is 9.98 Å². The summed E-state index contributed by atoms with van der Waals surface area (Å²) in [5.74, 6) is 0.288. The second kappa shape index (κ2) is 9.26. The zero-order valence-electron chi connectivity index (χ0n) is 18.2. The van der Waals surface area contributed by atoms with E-state index in [4.69, 9.17) is 4.42 Å². The standard InChI is InChI=1S/C25H14N4O4S3/c30-23-21(34-24(28-23)26-18-7-3-5-14-4-1-2-6-17(14)18)13-16-9-11-22(33-16)36-25-27-19-10-8-15(29(31)32)12-20(19)35-25/h1-13H,(H,26,28,30)/b21-13-. The topological polar surface area (TPSA) is 111 Å². The van der Waals surface area contributed by atoms with Crippen molar-refractivity contribution in [2.75, 3.05) is 0 Å². The Balaban J connectivity index is 1.20. The zero-order valence-corrected chi connectivity index (χ0v) is 20.7. The van der Waals surface area contributed by atoms with Crippen molar-refractivity contribution in [1.82, 2.24) is 10.3 Å². The SMILES string of the molecule is O=C1NC(=Nc2cccc3ccccc23)S/C1=C\c1ccc(Sc2nc3ccc([N+](=O)[O-])cc3s2)o1. The molecule has 0 saturated carbocycles. The molecule has 3 heterocycles. The van der Waals surface area contributed by atoms with E-state index in [1.54, 1.807) is 24.3 Å². The number of non-ortho nitro benzene ring substituents is 1. The minimum absolute atomic E-state index is 0.0327. The fourth-order valence-corrected chi connectivity index (χ4v) is 6.44. The fraction of sp³-hybridized carbons (Fsp3) is 0. The lowest BCUT2D eigenvalue weighted by atomic mass is 10.1. The fourth-order valence-electron chi connectivity index (χ4n) is 3.63. The number of thioether (sulfide) groups is 1. The molecule has 8 nitrogen and oxygen atoms in total. The van der Waals surface area contributed by atoms with Crippen molar-refractivity contribution >= 4 is 84.4 Å². The first-order chi connectivity index (χ1) is 17.5. The predicted octanol–water partition coefficient (Wildman–Crippen LogP) is 6.99. The second-order valence-corrected chi connectivity index (χ2v) is 10.9. The lowest BCUT2D eigenvalue weighted by molar-refractivity contribution is -0.384. The summed E-state index contributed by atoms with van der Waals surface area (Å²) in [6.07, 6.45) is 1.68. The van der Waals surface area contributed by atoms with Crippen LogP contribution in [0.5, 0.6) is 0 Å². The molecule has 1 aliphatic rings. The smallest absolute Gasteiger partial charge is 0.270 e. The van der Waals surface area contributed by atoms with Gasteiger partial charge in [0, 0.05) is 23.6 Å². The largest absolute Gasteiger partial charge is 0.450 e. The number of amides is 1. The summed E-state index contributed by atoms with van der Waals surface area (Å²) >= 11 is 3.93. The van der Waals surface area contributed by atoms with E-state index < -0.39 is 4.92 Å². The number of furan rings is 1. The number of thiazole rings is 1. The van der Waals surface area contributed by atoms with Gasteiger partial charge in [0.15, 0.2) is 14.6 Å². The van der Waals surface area contributed by atoms with E-state index in [1.165, 1.54) is 47.0 Å². The number of nitrogens with one attached hydrogen (secondary N) is 1. The van der Waals surface area contributed by atoms with Crippen LogP contribution < -0.4 is 5.32 Å². The molecule has 1 saturated heterocycles. The number of rotatable bonds is 5. The number of carbonyl (C=O) groups excluding carboxylic acids is 1. The van der Waals surface area contributed by atoms with Crippen LogP contribution in [0.15, 0.2) is 96.5 Å². The Hall–Kier alpha value is -3.93. The van der Waals surface area contributed by atoms with Crippen LogP contribution in [0.3, 0.4) is 0 Å². The molecule has 36 heavy (non-hydrogen) atoms. The van der Waals surface area contributed by atoms with Crippen LogP contribution in [0.4, 0.5) is 11.4 Å². The summed E-state index contributed by atoms with van der Waals surface area (Å²) in [4.78, 5) is 32.7. The third-order valence-electron chi connectivity index (χ3n) is 5.27. The second-order valence-electron chi connectivity index (χ2n) is 7.63. The number of hydrogen-bond acceptors (Lipinski definition) is 9. The van der Waals surface area contributed by atoms with E-state index in [0.717, 1.165) is 21.2 Å². The lowest BCUT2D eigenvalue weighted by Gasteiger charge is -2.02. The first-order valence-corrected chi connectivity index (χ1v) is 13.1. The van der Waals surface area contributed by atoms with Crippen LogP contribution in [-0.4, -0.2) is 21.0 Å². The number of fused-ring (bicyclic) bond motifs is 2. The third-order valence-corrected chi connectivity index (χ3v) is 8.18. The van der Waals surface area contributed by atoms with Gasteiger partial charge >= 0.3 is 0 Å². The number of hydrogen-bond donors (Lipinski definition) is 1. The van der Waals surface area contributed by atoms with Crippen LogP contribution in [0, 0.1) is 10.1 Å². The van der Waals surface area contributed by atoms with E-state index in [-0.39, 0.29) is 11.6 Å². The Kier molecular flexibility index (Phi) is 5.80. The van der Waals surface area contributed by atoms with Crippen LogP contribution in [0.1, 0.15) is 5.76 Å². The monoisotopic (exact) mass is 530 g/mol. The minimum atomic E-state index is -0.423. The summed E-state index contributed by atoms with van der Waals surface area (Å²) < 4.78 is 7.32. The van der Waals surface area contributed by atoms with E-state index in [0.29, 0.717) is 30.8 Å². The highest BCUT2D eigenvalue weighted by molar-refractivity contribution is 8.18. The highest BCUT2D eigenvalue weighted by atomic mass is 32.2. The molecule has 0 aliphatic carbocycles. The summed E-state index contributed by atoms with van der Waals surface area (Å²) in [5.41, 5.74) is 1.51. The number of amidine groups is 1. The zero-order chi connectivity index (χ0) is 24.6. The summed E-state index contributed by atoms with van der Waals surface area (Å²) in [5, 5.41) is 17.0. The van der Waals surface area contributed by atoms with Gasteiger partial charge in [-0.15, -0.1) is 11.3 Å². The number of benzene rings is 3. The number of carbonyl (C=O) groups is 1. The molecular weight excluding hydrogens is 517 g/mol. The normalized spacial score (nSPS) is 15.8. The van der Waals surface area contributed by atoms with E-state index in [2.05, 4.69) is 15.3 Å². The van der Waals surface area contributed by atoms with Gasteiger partial charge in [0.05, 0.1) is 25.7 Å². The molecule has 176 valence electrons. The highest BCUT2D eigenvalue weighted by Gasteiger charge is 2.24. The molecule has 0 atom stereocenters. The molecule has 1 fully saturated rings. The maximum Gasteiger partial charge on any atom is 0.270 e.